The van der Waals surface area contributed by atoms with E-state index in [0.29, 0.717) is 30.2 Å². The highest BCUT2D eigenvalue weighted by Crippen LogP contribution is 2.33. The van der Waals surface area contributed by atoms with Crippen LogP contribution in [0.4, 0.5) is 4.79 Å². The minimum atomic E-state index is -0.217. The second-order valence-corrected chi connectivity index (χ2v) is 6.18. The predicted molar refractivity (Wildman–Crippen MR) is 77.0 cm³/mol. The smallest absolute Gasteiger partial charge is 0.289 e. The lowest BCUT2D eigenvalue weighted by Crippen LogP contribution is -2.62. The Hall–Kier alpha value is -2.22. The van der Waals surface area contributed by atoms with Gasteiger partial charge in [-0.15, -0.1) is 0 Å². The molecule has 0 N–H and O–H groups in total. The first kappa shape index (κ1) is 13.4. The molecular formula is C14H12N2O5S. The molecule has 0 saturated carbocycles. The van der Waals surface area contributed by atoms with Crippen LogP contribution in [0.25, 0.3) is 0 Å². The van der Waals surface area contributed by atoms with Crippen LogP contribution in [0.15, 0.2) is 18.2 Å². The van der Waals surface area contributed by atoms with Gasteiger partial charge in [-0.25, -0.2) is 0 Å². The van der Waals surface area contributed by atoms with Gasteiger partial charge in [-0.05, 0) is 18.2 Å². The molecule has 0 unspecified atom stereocenters. The number of rotatable bonds is 2. The van der Waals surface area contributed by atoms with Crippen molar-refractivity contribution in [2.24, 2.45) is 0 Å². The molecule has 0 atom stereocenters. The van der Waals surface area contributed by atoms with Gasteiger partial charge in [0.1, 0.15) is 0 Å². The lowest BCUT2D eigenvalue weighted by Gasteiger charge is -2.42. The highest BCUT2D eigenvalue weighted by atomic mass is 32.2. The number of benzene rings is 1. The SMILES string of the molecule is O=C(c1ccc2c(c1)OCO2)N1CC(N2C(=O)CSC2=O)C1. The van der Waals surface area contributed by atoms with Crippen LogP contribution in [-0.4, -0.2) is 58.5 Å². The van der Waals surface area contributed by atoms with Crippen LogP contribution in [0, 0.1) is 0 Å². The van der Waals surface area contributed by atoms with Crippen LogP contribution in [-0.2, 0) is 4.79 Å². The Bertz CT molecular complexity index is 670. The Morgan fingerprint density at radius 2 is 1.95 bits per heavy atom. The van der Waals surface area contributed by atoms with Crippen LogP contribution in [0.5, 0.6) is 11.5 Å². The molecule has 2 fully saturated rings. The Morgan fingerprint density at radius 1 is 1.18 bits per heavy atom. The standard InChI is InChI=1S/C14H12N2O5S/c17-12-6-22-14(19)16(12)9-4-15(5-9)13(18)8-1-2-10-11(3-8)21-7-20-10/h1-3,9H,4-7H2. The largest absolute Gasteiger partial charge is 0.454 e. The molecule has 2 saturated heterocycles. The highest BCUT2D eigenvalue weighted by molar-refractivity contribution is 8.14. The van der Waals surface area contributed by atoms with Gasteiger partial charge >= 0.3 is 0 Å². The summed E-state index contributed by atoms with van der Waals surface area (Å²) in [7, 11) is 0. The number of hydrogen-bond donors (Lipinski definition) is 0. The minimum Gasteiger partial charge on any atom is -0.454 e. The van der Waals surface area contributed by atoms with Crippen LogP contribution in [0.3, 0.4) is 0 Å². The predicted octanol–water partition coefficient (Wildman–Crippen LogP) is 0.935. The number of hydrogen-bond acceptors (Lipinski definition) is 6. The number of likely N-dealkylation sites (tertiary alicyclic amines) is 1. The number of ether oxygens (including phenoxy) is 2. The monoisotopic (exact) mass is 320 g/mol. The summed E-state index contributed by atoms with van der Waals surface area (Å²) >= 11 is 1.01. The van der Waals surface area contributed by atoms with Gasteiger partial charge in [-0.2, -0.15) is 0 Å². The second kappa shape index (κ2) is 4.91. The molecule has 0 spiro atoms. The maximum Gasteiger partial charge on any atom is 0.289 e. The summed E-state index contributed by atoms with van der Waals surface area (Å²) in [5, 5.41) is -0.217. The fourth-order valence-corrected chi connectivity index (χ4v) is 3.49. The maximum atomic E-state index is 12.4. The molecule has 3 heterocycles. The molecular weight excluding hydrogens is 308 g/mol. The topological polar surface area (TPSA) is 76.2 Å². The van der Waals surface area contributed by atoms with E-state index in [0.717, 1.165) is 11.8 Å². The molecule has 1 aromatic carbocycles. The molecule has 114 valence electrons. The summed E-state index contributed by atoms with van der Waals surface area (Å²) in [6.45, 7) is 0.923. The maximum absolute atomic E-state index is 12.4. The van der Waals surface area contributed by atoms with E-state index in [1.807, 2.05) is 0 Å². The molecule has 4 rings (SSSR count). The lowest BCUT2D eigenvalue weighted by atomic mass is 10.0. The fraction of sp³-hybridized carbons (Fsp3) is 0.357. The number of carbonyl (C=O) groups is 3. The van der Waals surface area contributed by atoms with Crippen LogP contribution in [0.1, 0.15) is 10.4 Å². The molecule has 0 aliphatic carbocycles. The van der Waals surface area contributed by atoms with Crippen molar-refractivity contribution in [3.8, 4) is 11.5 Å². The molecule has 22 heavy (non-hydrogen) atoms. The summed E-state index contributed by atoms with van der Waals surface area (Å²) < 4.78 is 10.5. The number of nitrogens with zero attached hydrogens (tertiary/aromatic N) is 2. The summed E-state index contributed by atoms with van der Waals surface area (Å²) in [4.78, 5) is 38.5. The molecule has 0 aromatic heterocycles. The molecule has 0 radical (unpaired) electrons. The Kier molecular flexibility index (Phi) is 3.00. The van der Waals surface area contributed by atoms with E-state index in [1.165, 1.54) is 4.90 Å². The quantitative estimate of drug-likeness (QED) is 0.807. The van der Waals surface area contributed by atoms with Crippen molar-refractivity contribution in [3.05, 3.63) is 23.8 Å². The molecule has 0 bridgehead atoms. The zero-order chi connectivity index (χ0) is 15.3. The first-order valence-electron chi connectivity index (χ1n) is 6.81. The average Bonchev–Trinajstić information content (AvgIpc) is 3.05. The molecule has 7 nitrogen and oxygen atoms in total. The van der Waals surface area contributed by atoms with Gasteiger partial charge in [-0.1, -0.05) is 11.8 Å². The van der Waals surface area contributed by atoms with E-state index in [1.54, 1.807) is 23.1 Å². The molecule has 1 aromatic rings. The normalized spacial score (nSPS) is 20.5. The van der Waals surface area contributed by atoms with Crippen molar-refractivity contribution in [1.82, 2.24) is 9.80 Å². The van der Waals surface area contributed by atoms with E-state index < -0.39 is 0 Å². The van der Waals surface area contributed by atoms with Gasteiger partial charge in [-0.3, -0.25) is 19.3 Å². The van der Waals surface area contributed by atoms with Crippen molar-refractivity contribution >= 4 is 28.8 Å². The molecule has 8 heteroatoms. The van der Waals surface area contributed by atoms with E-state index in [9.17, 15) is 14.4 Å². The van der Waals surface area contributed by atoms with Crippen molar-refractivity contribution in [1.29, 1.82) is 0 Å². The fourth-order valence-electron chi connectivity index (χ4n) is 2.71. The second-order valence-electron chi connectivity index (χ2n) is 5.25. The third-order valence-corrected chi connectivity index (χ3v) is 4.75. The van der Waals surface area contributed by atoms with Crippen LogP contribution in [0.2, 0.25) is 0 Å². The van der Waals surface area contributed by atoms with Crippen molar-refractivity contribution in [2.45, 2.75) is 6.04 Å². The molecule has 3 aliphatic rings. The number of thioether (sulfide) groups is 1. The summed E-state index contributed by atoms with van der Waals surface area (Å²) in [6, 6.07) is 4.84. The average molecular weight is 320 g/mol. The summed E-state index contributed by atoms with van der Waals surface area (Å²) in [6.07, 6.45) is 0. The Morgan fingerprint density at radius 3 is 2.68 bits per heavy atom. The van der Waals surface area contributed by atoms with E-state index in [-0.39, 0.29) is 35.6 Å². The number of amides is 3. The first-order chi connectivity index (χ1) is 10.6. The van der Waals surface area contributed by atoms with E-state index in [2.05, 4.69) is 0 Å². The van der Waals surface area contributed by atoms with Gasteiger partial charge in [0.15, 0.2) is 11.5 Å². The highest BCUT2D eigenvalue weighted by Gasteiger charge is 2.43. The van der Waals surface area contributed by atoms with Gasteiger partial charge in [0.25, 0.3) is 11.1 Å². The van der Waals surface area contributed by atoms with E-state index >= 15 is 0 Å². The molecule has 3 amide bonds. The van der Waals surface area contributed by atoms with Crippen LogP contribution >= 0.6 is 11.8 Å². The summed E-state index contributed by atoms with van der Waals surface area (Å²) in [5.41, 5.74) is 0.510. The number of carbonyl (C=O) groups excluding carboxylic acids is 3. The number of fused-ring (bicyclic) bond motifs is 1. The van der Waals surface area contributed by atoms with Gasteiger partial charge < -0.3 is 14.4 Å². The minimum absolute atomic E-state index is 0.138. The molecule has 3 aliphatic heterocycles. The van der Waals surface area contributed by atoms with E-state index in [4.69, 9.17) is 9.47 Å². The summed E-state index contributed by atoms with van der Waals surface area (Å²) in [5.74, 6) is 1.08. The zero-order valence-corrected chi connectivity index (χ0v) is 12.3. The van der Waals surface area contributed by atoms with Crippen molar-refractivity contribution in [2.75, 3.05) is 25.6 Å². The van der Waals surface area contributed by atoms with Crippen molar-refractivity contribution < 1.29 is 23.9 Å². The lowest BCUT2D eigenvalue weighted by molar-refractivity contribution is -0.128. The van der Waals surface area contributed by atoms with Gasteiger partial charge in [0.2, 0.25) is 12.7 Å². The Balaban J connectivity index is 1.43. The van der Waals surface area contributed by atoms with Crippen molar-refractivity contribution in [3.63, 3.8) is 0 Å². The zero-order valence-electron chi connectivity index (χ0n) is 11.5. The van der Waals surface area contributed by atoms with Gasteiger partial charge in [0.05, 0.1) is 11.8 Å². The third kappa shape index (κ3) is 2.02. The van der Waals surface area contributed by atoms with Gasteiger partial charge in [0, 0.05) is 18.7 Å². The van der Waals surface area contributed by atoms with Crippen LogP contribution < -0.4 is 9.47 Å². The number of imide groups is 1. The Labute approximate surface area is 130 Å². The third-order valence-electron chi connectivity index (χ3n) is 3.92. The first-order valence-corrected chi connectivity index (χ1v) is 7.80.